The van der Waals surface area contributed by atoms with E-state index in [-0.39, 0.29) is 17.9 Å². The molecule has 3 aromatic rings. The Bertz CT molecular complexity index is 701. The van der Waals surface area contributed by atoms with Crippen LogP contribution in [0.25, 0.3) is 11.1 Å². The van der Waals surface area contributed by atoms with Gasteiger partial charge in [0.2, 0.25) is 0 Å². The van der Waals surface area contributed by atoms with Crippen LogP contribution in [-0.2, 0) is 6.42 Å². The Kier molecular flexibility index (Phi) is 3.20. The molecule has 1 N–H and O–H groups in total. The zero-order chi connectivity index (χ0) is 14.1. The summed E-state index contributed by atoms with van der Waals surface area (Å²) in [6, 6.07) is 10.6. The molecule has 0 aliphatic carbocycles. The third kappa shape index (κ3) is 2.28. The van der Waals surface area contributed by atoms with E-state index in [0.717, 1.165) is 12.1 Å². The van der Waals surface area contributed by atoms with Gasteiger partial charge in [-0.3, -0.25) is 0 Å². The quantitative estimate of drug-likeness (QED) is 0.797. The van der Waals surface area contributed by atoms with Crippen LogP contribution in [0.3, 0.4) is 0 Å². The van der Waals surface area contributed by atoms with Gasteiger partial charge >= 0.3 is 0 Å². The van der Waals surface area contributed by atoms with Crippen molar-refractivity contribution in [2.24, 2.45) is 0 Å². The first kappa shape index (κ1) is 12.7. The largest absolute Gasteiger partial charge is 0.441 e. The molecular weight excluding hydrogens is 264 g/mol. The number of benzene rings is 2. The van der Waals surface area contributed by atoms with Gasteiger partial charge < -0.3 is 9.52 Å². The highest BCUT2D eigenvalue weighted by Gasteiger charge is 2.20. The van der Waals surface area contributed by atoms with E-state index in [1.54, 1.807) is 18.2 Å². The summed E-state index contributed by atoms with van der Waals surface area (Å²) in [7, 11) is 0. The van der Waals surface area contributed by atoms with Crippen LogP contribution in [-0.4, -0.2) is 10.1 Å². The minimum absolute atomic E-state index is 0.0907. The smallest absolute Gasteiger partial charge is 0.198 e. The minimum atomic E-state index is -1.34. The van der Waals surface area contributed by atoms with Crippen molar-refractivity contribution in [3.8, 4) is 0 Å². The SMILES string of the molecule is OC(Cc1nc2ccccc2o1)c1c(F)cccc1F. The van der Waals surface area contributed by atoms with E-state index in [1.807, 2.05) is 6.07 Å². The molecular formula is C15H11F2NO2. The lowest BCUT2D eigenvalue weighted by molar-refractivity contribution is 0.160. The monoisotopic (exact) mass is 275 g/mol. The van der Waals surface area contributed by atoms with Gasteiger partial charge in [-0.05, 0) is 24.3 Å². The highest BCUT2D eigenvalue weighted by atomic mass is 19.1. The van der Waals surface area contributed by atoms with Crippen LogP contribution in [0.1, 0.15) is 17.6 Å². The van der Waals surface area contributed by atoms with Gasteiger partial charge in [-0.2, -0.15) is 0 Å². The third-order valence-corrected chi connectivity index (χ3v) is 3.04. The standard InChI is InChI=1S/C15H11F2NO2/c16-9-4-3-5-10(17)15(9)12(19)8-14-18-11-6-1-2-7-13(11)20-14/h1-7,12,19H,8H2. The first-order chi connectivity index (χ1) is 9.65. The predicted octanol–water partition coefficient (Wildman–Crippen LogP) is 3.38. The molecule has 0 radical (unpaired) electrons. The van der Waals surface area contributed by atoms with Crippen molar-refractivity contribution in [3.05, 3.63) is 65.6 Å². The van der Waals surface area contributed by atoms with E-state index >= 15 is 0 Å². The molecule has 102 valence electrons. The molecule has 0 fully saturated rings. The van der Waals surface area contributed by atoms with E-state index < -0.39 is 17.7 Å². The van der Waals surface area contributed by atoms with Crippen molar-refractivity contribution >= 4 is 11.1 Å². The maximum atomic E-state index is 13.6. The predicted molar refractivity (Wildman–Crippen MR) is 69.0 cm³/mol. The highest BCUT2D eigenvalue weighted by Crippen LogP contribution is 2.25. The second kappa shape index (κ2) is 5.02. The van der Waals surface area contributed by atoms with Crippen LogP contribution in [0, 0.1) is 11.6 Å². The van der Waals surface area contributed by atoms with Crippen LogP contribution in [0.15, 0.2) is 46.9 Å². The summed E-state index contributed by atoms with van der Waals surface area (Å²) in [4.78, 5) is 4.17. The van der Waals surface area contributed by atoms with Gasteiger partial charge in [0.05, 0.1) is 18.1 Å². The van der Waals surface area contributed by atoms with E-state index in [1.165, 1.54) is 6.07 Å². The second-order valence-electron chi connectivity index (χ2n) is 4.43. The van der Waals surface area contributed by atoms with Gasteiger partial charge in [-0.1, -0.05) is 18.2 Å². The van der Waals surface area contributed by atoms with Gasteiger partial charge in [0, 0.05) is 0 Å². The van der Waals surface area contributed by atoms with Crippen molar-refractivity contribution in [3.63, 3.8) is 0 Å². The Hall–Kier alpha value is -2.27. The number of hydrogen-bond donors (Lipinski definition) is 1. The molecule has 3 nitrogen and oxygen atoms in total. The molecule has 0 spiro atoms. The molecule has 1 aromatic heterocycles. The second-order valence-corrected chi connectivity index (χ2v) is 4.43. The zero-order valence-corrected chi connectivity index (χ0v) is 10.4. The van der Waals surface area contributed by atoms with Crippen LogP contribution in [0.2, 0.25) is 0 Å². The summed E-state index contributed by atoms with van der Waals surface area (Å²) in [5.41, 5.74) is 0.849. The van der Waals surface area contributed by atoms with Gasteiger partial charge in [0.25, 0.3) is 0 Å². The molecule has 3 rings (SSSR count). The van der Waals surface area contributed by atoms with Crippen molar-refractivity contribution in [1.82, 2.24) is 4.98 Å². The topological polar surface area (TPSA) is 46.3 Å². The van der Waals surface area contributed by atoms with E-state index in [0.29, 0.717) is 11.1 Å². The number of fused-ring (bicyclic) bond motifs is 1. The normalized spacial score (nSPS) is 12.8. The minimum Gasteiger partial charge on any atom is -0.441 e. The molecule has 0 bridgehead atoms. The lowest BCUT2D eigenvalue weighted by atomic mass is 10.1. The summed E-state index contributed by atoms with van der Waals surface area (Å²) >= 11 is 0. The first-order valence-electron chi connectivity index (χ1n) is 6.11. The number of oxazole rings is 1. The number of aromatic nitrogens is 1. The van der Waals surface area contributed by atoms with Gasteiger partial charge in [-0.15, -0.1) is 0 Å². The molecule has 0 saturated heterocycles. The van der Waals surface area contributed by atoms with E-state index in [4.69, 9.17) is 4.42 Å². The molecule has 0 amide bonds. The molecule has 1 unspecified atom stereocenters. The lowest BCUT2D eigenvalue weighted by Gasteiger charge is -2.10. The summed E-state index contributed by atoms with van der Waals surface area (Å²) < 4.78 is 32.5. The van der Waals surface area contributed by atoms with Gasteiger partial charge in [0.1, 0.15) is 17.2 Å². The Labute approximate surface area is 113 Å². The van der Waals surface area contributed by atoms with Crippen molar-refractivity contribution in [2.45, 2.75) is 12.5 Å². The highest BCUT2D eigenvalue weighted by molar-refractivity contribution is 5.72. The van der Waals surface area contributed by atoms with Crippen molar-refractivity contribution < 1.29 is 18.3 Å². The van der Waals surface area contributed by atoms with Crippen molar-refractivity contribution in [1.29, 1.82) is 0 Å². The molecule has 5 heteroatoms. The number of para-hydroxylation sites is 2. The summed E-state index contributed by atoms with van der Waals surface area (Å²) in [6.07, 6.45) is -1.43. The van der Waals surface area contributed by atoms with Crippen molar-refractivity contribution in [2.75, 3.05) is 0 Å². The molecule has 0 aliphatic rings. The average molecular weight is 275 g/mol. The number of aliphatic hydroxyl groups excluding tert-OH is 1. The first-order valence-corrected chi connectivity index (χ1v) is 6.11. The zero-order valence-electron chi connectivity index (χ0n) is 10.4. The number of rotatable bonds is 3. The number of hydrogen-bond acceptors (Lipinski definition) is 3. The van der Waals surface area contributed by atoms with E-state index in [9.17, 15) is 13.9 Å². The van der Waals surface area contributed by atoms with Crippen LogP contribution < -0.4 is 0 Å². The summed E-state index contributed by atoms with van der Waals surface area (Å²) in [5.74, 6) is -1.33. The molecule has 0 aliphatic heterocycles. The molecule has 1 atom stereocenters. The number of nitrogens with zero attached hydrogens (tertiary/aromatic N) is 1. The molecule has 20 heavy (non-hydrogen) atoms. The van der Waals surface area contributed by atoms with E-state index in [2.05, 4.69) is 4.98 Å². The Balaban J connectivity index is 1.90. The van der Waals surface area contributed by atoms with Crippen LogP contribution >= 0.6 is 0 Å². The van der Waals surface area contributed by atoms with Crippen LogP contribution in [0.4, 0.5) is 8.78 Å². The summed E-state index contributed by atoms with van der Waals surface area (Å²) in [6.45, 7) is 0. The Morgan fingerprint density at radius 1 is 1.05 bits per heavy atom. The Morgan fingerprint density at radius 2 is 1.75 bits per heavy atom. The molecule has 0 saturated carbocycles. The van der Waals surface area contributed by atoms with Gasteiger partial charge in [0.15, 0.2) is 11.5 Å². The number of aliphatic hydroxyl groups is 1. The Morgan fingerprint density at radius 3 is 2.45 bits per heavy atom. The molecule has 2 aromatic carbocycles. The maximum Gasteiger partial charge on any atom is 0.198 e. The lowest BCUT2D eigenvalue weighted by Crippen LogP contribution is -2.07. The van der Waals surface area contributed by atoms with Crippen LogP contribution in [0.5, 0.6) is 0 Å². The maximum absolute atomic E-state index is 13.6. The van der Waals surface area contributed by atoms with Gasteiger partial charge in [-0.25, -0.2) is 13.8 Å². The average Bonchev–Trinajstić information content (AvgIpc) is 2.80. The molecule has 1 heterocycles. The number of halogens is 2. The fourth-order valence-corrected chi connectivity index (χ4v) is 2.10. The third-order valence-electron chi connectivity index (χ3n) is 3.04. The fourth-order valence-electron chi connectivity index (χ4n) is 2.10. The fraction of sp³-hybridized carbons (Fsp3) is 0.133. The summed E-state index contributed by atoms with van der Waals surface area (Å²) in [5, 5.41) is 9.98.